The molecule has 4 rings (SSSR count). The zero-order chi connectivity index (χ0) is 22.5. The molecule has 32 heavy (non-hydrogen) atoms. The molecule has 0 aromatic heterocycles. The number of rotatable bonds is 7. The van der Waals surface area contributed by atoms with Crippen molar-refractivity contribution in [3.63, 3.8) is 0 Å². The lowest BCUT2D eigenvalue weighted by Crippen LogP contribution is -2.43. The van der Waals surface area contributed by atoms with Gasteiger partial charge in [-0.05, 0) is 75.2 Å². The number of benzene rings is 2. The largest absolute Gasteiger partial charge is 0.353 e. The Hall–Kier alpha value is -3.26. The molecule has 8 heteroatoms. The Labute approximate surface area is 186 Å². The molecule has 1 heterocycles. The van der Waals surface area contributed by atoms with E-state index in [1.165, 1.54) is 24.3 Å². The Morgan fingerprint density at radius 2 is 1.59 bits per heavy atom. The smallest absolute Gasteiger partial charge is 0.257 e. The molecule has 2 fully saturated rings. The number of hydrogen-bond donors (Lipinski definition) is 3. The third-order valence-electron chi connectivity index (χ3n) is 5.80. The van der Waals surface area contributed by atoms with Gasteiger partial charge in [-0.2, -0.15) is 0 Å². The number of likely N-dealkylation sites (tertiary alicyclic amines) is 1. The van der Waals surface area contributed by atoms with Crippen molar-refractivity contribution in [1.82, 2.24) is 10.2 Å². The topological polar surface area (TPSA) is 90.5 Å². The Morgan fingerprint density at radius 1 is 0.906 bits per heavy atom. The summed E-state index contributed by atoms with van der Waals surface area (Å²) in [4.78, 5) is 39.5. The summed E-state index contributed by atoms with van der Waals surface area (Å²) in [6, 6.07) is 12.6. The monoisotopic (exact) mass is 438 g/mol. The number of carbonyl (C=O) groups is 3. The minimum atomic E-state index is -0.394. The summed E-state index contributed by atoms with van der Waals surface area (Å²) in [6.07, 6.45) is 3.63. The van der Waals surface area contributed by atoms with Crippen LogP contribution in [0.15, 0.2) is 48.5 Å². The molecular weight excluding hydrogens is 411 g/mol. The molecule has 0 spiro atoms. The van der Waals surface area contributed by atoms with Crippen LogP contribution in [0.1, 0.15) is 36.0 Å². The molecular formula is C24H27FN4O3. The molecule has 1 saturated carbocycles. The van der Waals surface area contributed by atoms with Crippen LogP contribution in [0.25, 0.3) is 0 Å². The molecule has 3 N–H and O–H groups in total. The van der Waals surface area contributed by atoms with Gasteiger partial charge in [-0.1, -0.05) is 12.1 Å². The van der Waals surface area contributed by atoms with Crippen LogP contribution >= 0.6 is 0 Å². The Bertz CT molecular complexity index is 983. The lowest BCUT2D eigenvalue weighted by atomic mass is 9.96. The fourth-order valence-corrected chi connectivity index (χ4v) is 3.81. The molecule has 2 aromatic carbocycles. The maximum atomic E-state index is 13.1. The number of amides is 3. The van der Waals surface area contributed by atoms with Crippen molar-refractivity contribution in [3.8, 4) is 0 Å². The first-order valence-electron chi connectivity index (χ1n) is 11.0. The fourth-order valence-electron chi connectivity index (χ4n) is 3.81. The van der Waals surface area contributed by atoms with E-state index in [2.05, 4.69) is 16.0 Å². The first kappa shape index (κ1) is 22.0. The summed E-state index contributed by atoms with van der Waals surface area (Å²) >= 11 is 0. The van der Waals surface area contributed by atoms with E-state index in [0.29, 0.717) is 36.1 Å². The van der Waals surface area contributed by atoms with Crippen molar-refractivity contribution >= 4 is 29.1 Å². The van der Waals surface area contributed by atoms with Crippen LogP contribution in [-0.4, -0.2) is 48.3 Å². The van der Waals surface area contributed by atoms with Crippen molar-refractivity contribution in [2.45, 2.75) is 31.7 Å². The molecule has 0 atom stereocenters. The third-order valence-corrected chi connectivity index (χ3v) is 5.80. The fraction of sp³-hybridized carbons (Fsp3) is 0.375. The molecule has 0 bridgehead atoms. The first-order chi connectivity index (χ1) is 15.5. The lowest BCUT2D eigenvalue weighted by molar-refractivity contribution is -0.126. The second kappa shape index (κ2) is 9.91. The molecule has 2 aliphatic rings. The van der Waals surface area contributed by atoms with E-state index in [1.807, 2.05) is 4.90 Å². The summed E-state index contributed by atoms with van der Waals surface area (Å²) in [5.41, 5.74) is 1.20. The number of para-hydroxylation sites is 1. The van der Waals surface area contributed by atoms with Crippen molar-refractivity contribution in [3.05, 3.63) is 59.9 Å². The predicted molar refractivity (Wildman–Crippen MR) is 120 cm³/mol. The molecule has 0 unspecified atom stereocenters. The van der Waals surface area contributed by atoms with Crippen LogP contribution in [0.3, 0.4) is 0 Å². The second-order valence-electron chi connectivity index (χ2n) is 8.39. The summed E-state index contributed by atoms with van der Waals surface area (Å²) in [5.74, 6) is -0.838. The molecule has 1 saturated heterocycles. The average Bonchev–Trinajstić information content (AvgIpc) is 3.60. The van der Waals surface area contributed by atoms with Gasteiger partial charge < -0.3 is 16.0 Å². The van der Waals surface area contributed by atoms with Crippen LogP contribution in [0.2, 0.25) is 0 Å². The maximum absolute atomic E-state index is 13.1. The average molecular weight is 439 g/mol. The zero-order valence-corrected chi connectivity index (χ0v) is 17.8. The molecule has 1 aliphatic carbocycles. The lowest BCUT2D eigenvalue weighted by Gasteiger charge is -2.30. The first-order valence-corrected chi connectivity index (χ1v) is 11.0. The highest BCUT2D eigenvalue weighted by Gasteiger charge is 2.30. The molecule has 1 aliphatic heterocycles. The van der Waals surface area contributed by atoms with Gasteiger partial charge in [0, 0.05) is 17.6 Å². The minimum Gasteiger partial charge on any atom is -0.353 e. The number of nitrogens with zero attached hydrogens (tertiary/aromatic N) is 1. The van der Waals surface area contributed by atoms with Gasteiger partial charge in [0.15, 0.2) is 0 Å². The standard InChI is InChI=1S/C24H27FN4O3/c25-17-5-7-18(8-6-17)27-24(32)20-3-1-2-4-21(20)28-22(30)15-29-13-11-16(12-14-29)23(31)26-19-9-10-19/h1-8,16,19H,9-15H2,(H,26,31)(H,27,32)(H,28,30). The molecule has 3 amide bonds. The van der Waals surface area contributed by atoms with Gasteiger partial charge in [-0.15, -0.1) is 0 Å². The van der Waals surface area contributed by atoms with Crippen molar-refractivity contribution in [2.24, 2.45) is 5.92 Å². The van der Waals surface area contributed by atoms with Gasteiger partial charge in [-0.3, -0.25) is 19.3 Å². The van der Waals surface area contributed by atoms with Gasteiger partial charge >= 0.3 is 0 Å². The molecule has 7 nitrogen and oxygen atoms in total. The van der Waals surface area contributed by atoms with Crippen LogP contribution < -0.4 is 16.0 Å². The SMILES string of the molecule is O=C(CN1CCC(C(=O)NC2CC2)CC1)Nc1ccccc1C(=O)Nc1ccc(F)cc1. The van der Waals surface area contributed by atoms with E-state index in [0.717, 1.165) is 25.7 Å². The van der Waals surface area contributed by atoms with Gasteiger partial charge in [0.1, 0.15) is 5.82 Å². The van der Waals surface area contributed by atoms with Crippen LogP contribution in [0.4, 0.5) is 15.8 Å². The van der Waals surface area contributed by atoms with Crippen molar-refractivity contribution < 1.29 is 18.8 Å². The zero-order valence-electron chi connectivity index (χ0n) is 17.8. The number of carbonyl (C=O) groups excluding carboxylic acids is 3. The number of piperidine rings is 1. The quantitative estimate of drug-likeness (QED) is 0.620. The van der Waals surface area contributed by atoms with Crippen LogP contribution in [0, 0.1) is 11.7 Å². The Balaban J connectivity index is 1.29. The van der Waals surface area contributed by atoms with Crippen molar-refractivity contribution in [2.75, 3.05) is 30.3 Å². The number of anilines is 2. The van der Waals surface area contributed by atoms with E-state index >= 15 is 0 Å². The Morgan fingerprint density at radius 3 is 2.28 bits per heavy atom. The highest BCUT2D eigenvalue weighted by molar-refractivity contribution is 6.10. The maximum Gasteiger partial charge on any atom is 0.257 e. The van der Waals surface area contributed by atoms with Crippen LogP contribution in [0.5, 0.6) is 0 Å². The molecule has 0 radical (unpaired) electrons. The third kappa shape index (κ3) is 5.91. The van der Waals surface area contributed by atoms with Gasteiger partial charge in [0.05, 0.1) is 17.8 Å². The van der Waals surface area contributed by atoms with E-state index in [-0.39, 0.29) is 30.1 Å². The van der Waals surface area contributed by atoms with E-state index in [1.54, 1.807) is 24.3 Å². The summed E-state index contributed by atoms with van der Waals surface area (Å²) < 4.78 is 13.1. The summed E-state index contributed by atoms with van der Waals surface area (Å²) in [5, 5.41) is 8.59. The van der Waals surface area contributed by atoms with Gasteiger partial charge in [0.25, 0.3) is 5.91 Å². The van der Waals surface area contributed by atoms with Crippen LogP contribution in [-0.2, 0) is 9.59 Å². The minimum absolute atomic E-state index is 0.0193. The highest BCUT2D eigenvalue weighted by atomic mass is 19.1. The van der Waals surface area contributed by atoms with Crippen molar-refractivity contribution in [1.29, 1.82) is 0 Å². The number of nitrogens with one attached hydrogen (secondary N) is 3. The van der Waals surface area contributed by atoms with E-state index in [9.17, 15) is 18.8 Å². The number of halogens is 1. The van der Waals surface area contributed by atoms with Gasteiger partial charge in [-0.25, -0.2) is 4.39 Å². The van der Waals surface area contributed by atoms with E-state index < -0.39 is 5.91 Å². The normalized spacial score (nSPS) is 16.9. The molecule has 2 aromatic rings. The van der Waals surface area contributed by atoms with E-state index in [4.69, 9.17) is 0 Å². The predicted octanol–water partition coefficient (Wildman–Crippen LogP) is 3.01. The Kier molecular flexibility index (Phi) is 6.80. The number of hydrogen-bond acceptors (Lipinski definition) is 4. The summed E-state index contributed by atoms with van der Waals surface area (Å²) in [7, 11) is 0. The highest BCUT2D eigenvalue weighted by Crippen LogP contribution is 2.23. The summed E-state index contributed by atoms with van der Waals surface area (Å²) in [6.45, 7) is 1.57. The molecule has 168 valence electrons. The van der Waals surface area contributed by atoms with Gasteiger partial charge in [0.2, 0.25) is 11.8 Å². The second-order valence-corrected chi connectivity index (χ2v) is 8.39.